The van der Waals surface area contributed by atoms with Crippen molar-refractivity contribution in [3.8, 4) is 0 Å². The van der Waals surface area contributed by atoms with E-state index in [2.05, 4.69) is 12.2 Å². The third-order valence-corrected chi connectivity index (χ3v) is 5.56. The summed E-state index contributed by atoms with van der Waals surface area (Å²) in [6.45, 7) is 2.83. The van der Waals surface area contributed by atoms with Crippen molar-refractivity contribution in [3.05, 3.63) is 22.4 Å². The lowest BCUT2D eigenvalue weighted by atomic mass is 9.51. The third-order valence-electron chi connectivity index (χ3n) is 4.69. The summed E-state index contributed by atoms with van der Waals surface area (Å²) in [6.07, 6.45) is 5.58. The fraction of sp³-hybridized carbons (Fsp3) is 0.667. The number of hydrogen-bond donors (Lipinski definition) is 1. The fourth-order valence-electron chi connectivity index (χ4n) is 3.46. The van der Waals surface area contributed by atoms with E-state index in [0.29, 0.717) is 18.6 Å². The second kappa shape index (κ2) is 5.25. The number of thiophene rings is 1. The summed E-state index contributed by atoms with van der Waals surface area (Å²) in [4.78, 5) is 13.2. The summed E-state index contributed by atoms with van der Waals surface area (Å²) >= 11 is 1.65. The van der Waals surface area contributed by atoms with Gasteiger partial charge in [0.15, 0.2) is 0 Å². The Bertz CT molecular complexity index is 439. The number of carbonyl (C=O) groups is 1. The Balaban J connectivity index is 1.54. The highest BCUT2D eigenvalue weighted by atomic mass is 32.1. The topological polar surface area (TPSA) is 38.3 Å². The van der Waals surface area contributed by atoms with Gasteiger partial charge in [0.05, 0.1) is 12.5 Å². The van der Waals surface area contributed by atoms with E-state index in [1.807, 2.05) is 17.5 Å². The molecule has 2 atom stereocenters. The van der Waals surface area contributed by atoms with Crippen LogP contribution >= 0.6 is 11.3 Å². The first-order valence-corrected chi connectivity index (χ1v) is 8.06. The van der Waals surface area contributed by atoms with E-state index in [1.165, 1.54) is 19.3 Å². The average Bonchev–Trinajstić information content (AvgIpc) is 2.78. The molecule has 104 valence electrons. The van der Waals surface area contributed by atoms with Gasteiger partial charge in [-0.05, 0) is 37.6 Å². The van der Waals surface area contributed by atoms with Crippen LogP contribution in [0, 0.1) is 5.41 Å². The normalized spacial score (nSPS) is 27.6. The minimum Gasteiger partial charge on any atom is -0.378 e. The SMILES string of the molecule is CCO[C@H]1C[C@@H](NC(=O)Cc2cccs2)C12CCC2. The first-order chi connectivity index (χ1) is 9.24. The monoisotopic (exact) mass is 279 g/mol. The molecule has 2 saturated carbocycles. The predicted molar refractivity (Wildman–Crippen MR) is 76.3 cm³/mol. The molecule has 2 aliphatic rings. The number of hydrogen-bond acceptors (Lipinski definition) is 3. The zero-order chi connectivity index (χ0) is 13.3. The molecule has 0 bridgehead atoms. The van der Waals surface area contributed by atoms with Gasteiger partial charge in [-0.15, -0.1) is 11.3 Å². The van der Waals surface area contributed by atoms with Crippen LogP contribution in [0.15, 0.2) is 17.5 Å². The Morgan fingerprint density at radius 3 is 3.00 bits per heavy atom. The Kier molecular flexibility index (Phi) is 3.63. The summed E-state index contributed by atoms with van der Waals surface area (Å²) in [5, 5.41) is 5.24. The lowest BCUT2D eigenvalue weighted by Gasteiger charge is -2.61. The second-order valence-electron chi connectivity index (χ2n) is 5.64. The maximum Gasteiger partial charge on any atom is 0.225 e. The Morgan fingerprint density at radius 2 is 2.42 bits per heavy atom. The van der Waals surface area contributed by atoms with E-state index in [4.69, 9.17) is 4.74 Å². The summed E-state index contributed by atoms with van der Waals surface area (Å²) in [5.74, 6) is 0.161. The maximum atomic E-state index is 12.1. The van der Waals surface area contributed by atoms with Crippen molar-refractivity contribution in [2.45, 2.75) is 51.2 Å². The lowest BCUT2D eigenvalue weighted by Crippen LogP contribution is -2.67. The van der Waals surface area contributed by atoms with Crippen molar-refractivity contribution in [1.82, 2.24) is 5.32 Å². The Morgan fingerprint density at radius 1 is 1.58 bits per heavy atom. The van der Waals surface area contributed by atoms with Crippen LogP contribution in [0.3, 0.4) is 0 Å². The molecule has 3 rings (SSSR count). The molecular formula is C15H21NO2S. The van der Waals surface area contributed by atoms with Crippen molar-refractivity contribution in [3.63, 3.8) is 0 Å². The van der Waals surface area contributed by atoms with Crippen molar-refractivity contribution in [2.24, 2.45) is 5.41 Å². The Hall–Kier alpha value is -0.870. The van der Waals surface area contributed by atoms with Crippen LogP contribution in [0.2, 0.25) is 0 Å². The molecule has 1 aromatic heterocycles. The minimum absolute atomic E-state index is 0.161. The van der Waals surface area contributed by atoms with Crippen LogP contribution in [0.1, 0.15) is 37.5 Å². The largest absolute Gasteiger partial charge is 0.378 e. The van der Waals surface area contributed by atoms with E-state index in [0.717, 1.165) is 17.9 Å². The molecule has 3 nitrogen and oxygen atoms in total. The van der Waals surface area contributed by atoms with Crippen molar-refractivity contribution in [2.75, 3.05) is 6.61 Å². The van der Waals surface area contributed by atoms with Gasteiger partial charge in [-0.1, -0.05) is 12.5 Å². The fourth-order valence-corrected chi connectivity index (χ4v) is 4.16. The van der Waals surface area contributed by atoms with Crippen LogP contribution in [-0.4, -0.2) is 24.7 Å². The molecule has 0 saturated heterocycles. The Labute approximate surface area is 118 Å². The molecule has 0 aromatic carbocycles. The smallest absolute Gasteiger partial charge is 0.225 e. The number of ether oxygens (including phenoxy) is 1. The average molecular weight is 279 g/mol. The van der Waals surface area contributed by atoms with Gasteiger partial charge in [-0.2, -0.15) is 0 Å². The molecule has 0 unspecified atom stereocenters. The molecule has 1 heterocycles. The molecule has 1 N–H and O–H groups in total. The van der Waals surface area contributed by atoms with Crippen LogP contribution in [0.5, 0.6) is 0 Å². The van der Waals surface area contributed by atoms with Gasteiger partial charge in [-0.25, -0.2) is 0 Å². The molecule has 2 fully saturated rings. The zero-order valence-electron chi connectivity index (χ0n) is 11.4. The summed E-state index contributed by atoms with van der Waals surface area (Å²) in [5.41, 5.74) is 0.265. The van der Waals surface area contributed by atoms with Gasteiger partial charge in [0.1, 0.15) is 0 Å². The van der Waals surface area contributed by atoms with E-state index < -0.39 is 0 Å². The number of carbonyl (C=O) groups excluding carboxylic acids is 1. The van der Waals surface area contributed by atoms with Gasteiger partial charge in [0, 0.05) is 22.9 Å². The van der Waals surface area contributed by atoms with E-state index in [9.17, 15) is 4.79 Å². The van der Waals surface area contributed by atoms with Gasteiger partial charge < -0.3 is 10.1 Å². The molecule has 19 heavy (non-hydrogen) atoms. The van der Waals surface area contributed by atoms with Crippen LogP contribution in [0.4, 0.5) is 0 Å². The van der Waals surface area contributed by atoms with Crippen LogP contribution < -0.4 is 5.32 Å². The van der Waals surface area contributed by atoms with E-state index in [-0.39, 0.29) is 11.3 Å². The minimum atomic E-state index is 0.161. The molecule has 0 radical (unpaired) electrons. The van der Waals surface area contributed by atoms with Crippen LogP contribution in [0.25, 0.3) is 0 Å². The molecule has 2 aliphatic carbocycles. The van der Waals surface area contributed by atoms with E-state index in [1.54, 1.807) is 11.3 Å². The van der Waals surface area contributed by atoms with Crippen molar-refractivity contribution < 1.29 is 9.53 Å². The third kappa shape index (κ3) is 2.32. The van der Waals surface area contributed by atoms with Crippen molar-refractivity contribution >= 4 is 17.2 Å². The summed E-state index contributed by atoms with van der Waals surface area (Å²) < 4.78 is 5.80. The quantitative estimate of drug-likeness (QED) is 0.900. The highest BCUT2D eigenvalue weighted by Gasteiger charge is 2.59. The molecule has 1 amide bonds. The van der Waals surface area contributed by atoms with E-state index >= 15 is 0 Å². The van der Waals surface area contributed by atoms with Crippen molar-refractivity contribution in [1.29, 1.82) is 0 Å². The molecular weight excluding hydrogens is 258 g/mol. The molecule has 1 aromatic rings. The highest BCUT2D eigenvalue weighted by molar-refractivity contribution is 7.10. The maximum absolute atomic E-state index is 12.1. The second-order valence-corrected chi connectivity index (χ2v) is 6.67. The van der Waals surface area contributed by atoms with Gasteiger partial charge >= 0.3 is 0 Å². The summed E-state index contributed by atoms with van der Waals surface area (Å²) in [7, 11) is 0. The lowest BCUT2D eigenvalue weighted by molar-refractivity contribution is -0.175. The predicted octanol–water partition coefficient (Wildman–Crippen LogP) is 2.75. The highest BCUT2D eigenvalue weighted by Crippen LogP contribution is 2.57. The first-order valence-electron chi connectivity index (χ1n) is 7.18. The first kappa shape index (κ1) is 13.1. The number of amides is 1. The molecule has 4 heteroatoms. The molecule has 0 aliphatic heterocycles. The van der Waals surface area contributed by atoms with Gasteiger partial charge in [-0.3, -0.25) is 4.79 Å². The zero-order valence-corrected chi connectivity index (χ0v) is 12.2. The van der Waals surface area contributed by atoms with Gasteiger partial charge in [0.25, 0.3) is 0 Å². The number of rotatable bonds is 5. The van der Waals surface area contributed by atoms with Crippen LogP contribution in [-0.2, 0) is 16.0 Å². The summed E-state index contributed by atoms with van der Waals surface area (Å²) in [6, 6.07) is 4.35. The van der Waals surface area contributed by atoms with Gasteiger partial charge in [0.2, 0.25) is 5.91 Å². The number of nitrogens with one attached hydrogen (secondary N) is 1. The standard InChI is InChI=1S/C15H21NO2S/c1-2-18-13-10-12(15(13)6-4-7-15)16-14(17)9-11-5-3-8-19-11/h3,5,8,12-13H,2,4,6-7,9-10H2,1H3,(H,16,17)/t12-,13+/m1/s1. The molecule has 1 spiro atoms.